The van der Waals surface area contributed by atoms with Gasteiger partial charge in [0.2, 0.25) is 0 Å². The fourth-order valence-corrected chi connectivity index (χ4v) is 6.62. The molecule has 8 heteroatoms. The average molecular weight is 759 g/mol. The molecule has 0 fully saturated rings. The van der Waals surface area contributed by atoms with E-state index in [1.165, 1.54) is 12.8 Å². The molecule has 1 aromatic rings. The van der Waals surface area contributed by atoms with Crippen LogP contribution in [0.4, 0.5) is 0 Å². The molecule has 1 atom stereocenters. The summed E-state index contributed by atoms with van der Waals surface area (Å²) in [4.78, 5) is 39.3. The van der Waals surface area contributed by atoms with Crippen molar-refractivity contribution in [2.45, 2.75) is 176 Å². The topological polar surface area (TPSA) is 97.4 Å². The number of hydrogen-bond donors (Lipinski definition) is 0. The summed E-state index contributed by atoms with van der Waals surface area (Å²) < 4.78 is 29.2. The first-order valence-corrected chi connectivity index (χ1v) is 21.6. The molecule has 1 unspecified atom stereocenters. The predicted octanol–water partition coefficient (Wildman–Crippen LogP) is 11.9. The number of ether oxygens (including phenoxy) is 5. The van der Waals surface area contributed by atoms with Crippen molar-refractivity contribution in [2.24, 2.45) is 17.3 Å². The maximum Gasteiger partial charge on any atom is 0.330 e. The summed E-state index contributed by atoms with van der Waals surface area (Å²) in [6.45, 7) is 11.0. The standard InChI is InChI=1S/C46H78O8/c1-7-12-17-19-21-26-43(47)52-36-46(37-53-44(48)27-22-20-18-13-8-2,35-51-34-39-28-31-42(50-6)32-29-39)38-54-45(49)33-30-41(25-16-11-5)40(23-14-9-3)24-15-10-4/h28-33,40-41H,7-27,34-38H2,1-6H3. The van der Waals surface area contributed by atoms with E-state index in [1.54, 1.807) is 13.2 Å². The SMILES string of the molecule is CCCCCCCC(=O)OCC(COCc1ccc(OC)cc1)(COC(=O)C=CC(CCCC)C(CCCC)CCCC)COC(=O)CCCCCCC. The minimum Gasteiger partial charge on any atom is -0.497 e. The van der Waals surface area contributed by atoms with Crippen molar-refractivity contribution in [2.75, 3.05) is 33.5 Å². The minimum atomic E-state index is -1.09. The van der Waals surface area contributed by atoms with Gasteiger partial charge in [-0.3, -0.25) is 9.59 Å². The molecule has 1 rings (SSSR count). The summed E-state index contributed by atoms with van der Waals surface area (Å²) in [5, 5.41) is 0. The molecule has 0 N–H and O–H groups in total. The van der Waals surface area contributed by atoms with Crippen molar-refractivity contribution in [3.8, 4) is 5.75 Å². The van der Waals surface area contributed by atoms with Gasteiger partial charge in [-0.25, -0.2) is 4.79 Å². The lowest BCUT2D eigenvalue weighted by atomic mass is 9.81. The van der Waals surface area contributed by atoms with E-state index in [9.17, 15) is 14.4 Å². The van der Waals surface area contributed by atoms with E-state index in [-0.39, 0.29) is 45.0 Å². The first kappa shape index (κ1) is 49.1. The van der Waals surface area contributed by atoms with E-state index < -0.39 is 11.4 Å². The molecular weight excluding hydrogens is 680 g/mol. The van der Waals surface area contributed by atoms with Crippen LogP contribution in [0.15, 0.2) is 36.4 Å². The molecule has 0 aliphatic carbocycles. The van der Waals surface area contributed by atoms with Crippen molar-refractivity contribution >= 4 is 17.9 Å². The second kappa shape index (κ2) is 32.4. The Hall–Kier alpha value is -2.87. The van der Waals surface area contributed by atoms with Crippen LogP contribution in [0, 0.1) is 17.3 Å². The Morgan fingerprint density at radius 1 is 0.593 bits per heavy atom. The van der Waals surface area contributed by atoms with Crippen molar-refractivity contribution in [1.29, 1.82) is 0 Å². The number of rotatable bonds is 35. The van der Waals surface area contributed by atoms with E-state index in [0.29, 0.717) is 24.7 Å². The third-order valence-electron chi connectivity index (χ3n) is 10.2. The Bertz CT molecular complexity index is 1080. The Balaban J connectivity index is 3.24. The Kier molecular flexibility index (Phi) is 29.5. The number of unbranched alkanes of at least 4 members (excludes halogenated alkanes) is 11. The fraction of sp³-hybridized carbons (Fsp3) is 0.761. The average Bonchev–Trinajstić information content (AvgIpc) is 3.18. The molecule has 0 aliphatic heterocycles. The highest BCUT2D eigenvalue weighted by molar-refractivity contribution is 5.82. The molecule has 0 saturated heterocycles. The van der Waals surface area contributed by atoms with Gasteiger partial charge >= 0.3 is 17.9 Å². The maximum atomic E-state index is 13.4. The number of carbonyl (C=O) groups excluding carboxylic acids is 3. The van der Waals surface area contributed by atoms with Gasteiger partial charge in [0.15, 0.2) is 0 Å². The van der Waals surface area contributed by atoms with E-state index in [2.05, 4.69) is 40.7 Å². The smallest absolute Gasteiger partial charge is 0.330 e. The van der Waals surface area contributed by atoms with Gasteiger partial charge in [0.05, 0.1) is 25.7 Å². The van der Waals surface area contributed by atoms with E-state index in [1.807, 2.05) is 24.3 Å². The highest BCUT2D eigenvalue weighted by Crippen LogP contribution is 2.30. The molecule has 0 bridgehead atoms. The maximum absolute atomic E-state index is 13.4. The van der Waals surface area contributed by atoms with Gasteiger partial charge in [0.1, 0.15) is 25.6 Å². The molecule has 1 aromatic carbocycles. The number of benzene rings is 1. The van der Waals surface area contributed by atoms with Crippen molar-refractivity contribution < 1.29 is 38.1 Å². The van der Waals surface area contributed by atoms with Crippen LogP contribution in [0.2, 0.25) is 0 Å². The zero-order valence-corrected chi connectivity index (χ0v) is 35.3. The number of methoxy groups -OCH3 is 1. The second-order valence-electron chi connectivity index (χ2n) is 15.3. The van der Waals surface area contributed by atoms with Crippen LogP contribution in [0.3, 0.4) is 0 Å². The number of esters is 3. The quantitative estimate of drug-likeness (QED) is 0.0292. The third-order valence-corrected chi connectivity index (χ3v) is 10.2. The molecule has 0 spiro atoms. The first-order valence-electron chi connectivity index (χ1n) is 21.6. The zero-order valence-electron chi connectivity index (χ0n) is 35.3. The summed E-state index contributed by atoms with van der Waals surface area (Å²) in [7, 11) is 1.62. The van der Waals surface area contributed by atoms with Crippen LogP contribution >= 0.6 is 0 Å². The van der Waals surface area contributed by atoms with Gasteiger partial charge in [-0.05, 0) is 61.6 Å². The largest absolute Gasteiger partial charge is 0.497 e. The molecule has 0 aromatic heterocycles. The third kappa shape index (κ3) is 23.8. The summed E-state index contributed by atoms with van der Waals surface area (Å²) in [5.74, 6) is 0.505. The molecule has 0 aliphatic rings. The molecule has 0 saturated carbocycles. The van der Waals surface area contributed by atoms with Crippen LogP contribution < -0.4 is 4.74 Å². The monoisotopic (exact) mass is 759 g/mol. The molecule has 54 heavy (non-hydrogen) atoms. The minimum absolute atomic E-state index is 0.0544. The summed E-state index contributed by atoms with van der Waals surface area (Å²) >= 11 is 0. The zero-order chi connectivity index (χ0) is 39.7. The number of carbonyl (C=O) groups is 3. The highest BCUT2D eigenvalue weighted by atomic mass is 16.6. The van der Waals surface area contributed by atoms with E-state index >= 15 is 0 Å². The Labute approximate surface area is 329 Å². The lowest BCUT2D eigenvalue weighted by molar-refractivity contribution is -0.166. The van der Waals surface area contributed by atoms with Crippen LogP contribution in [0.5, 0.6) is 5.75 Å². The fourth-order valence-electron chi connectivity index (χ4n) is 6.62. The van der Waals surface area contributed by atoms with Gasteiger partial charge in [-0.2, -0.15) is 0 Å². The predicted molar refractivity (Wildman–Crippen MR) is 219 cm³/mol. The van der Waals surface area contributed by atoms with Crippen LogP contribution in [0.1, 0.15) is 175 Å². The van der Waals surface area contributed by atoms with Crippen molar-refractivity contribution in [3.05, 3.63) is 42.0 Å². The molecular formula is C46H78O8. The summed E-state index contributed by atoms with van der Waals surface area (Å²) in [6.07, 6.45) is 24.7. The molecule has 8 nitrogen and oxygen atoms in total. The Morgan fingerprint density at radius 2 is 1.07 bits per heavy atom. The number of hydrogen-bond acceptors (Lipinski definition) is 8. The van der Waals surface area contributed by atoms with Crippen molar-refractivity contribution in [1.82, 2.24) is 0 Å². The second-order valence-corrected chi connectivity index (χ2v) is 15.3. The van der Waals surface area contributed by atoms with Gasteiger partial charge in [0.25, 0.3) is 0 Å². The molecule has 0 amide bonds. The van der Waals surface area contributed by atoms with Gasteiger partial charge in [-0.1, -0.05) is 143 Å². The van der Waals surface area contributed by atoms with Gasteiger partial charge < -0.3 is 23.7 Å². The van der Waals surface area contributed by atoms with Crippen LogP contribution in [-0.4, -0.2) is 51.4 Å². The van der Waals surface area contributed by atoms with Crippen LogP contribution in [-0.2, 0) is 39.9 Å². The molecule has 310 valence electrons. The van der Waals surface area contributed by atoms with E-state index in [0.717, 1.165) is 120 Å². The van der Waals surface area contributed by atoms with E-state index in [4.69, 9.17) is 23.7 Å². The summed E-state index contributed by atoms with van der Waals surface area (Å²) in [6, 6.07) is 7.58. The lowest BCUT2D eigenvalue weighted by Gasteiger charge is -2.32. The first-order chi connectivity index (χ1) is 26.3. The summed E-state index contributed by atoms with van der Waals surface area (Å²) in [5.41, 5.74) is -0.158. The van der Waals surface area contributed by atoms with Gasteiger partial charge in [-0.15, -0.1) is 0 Å². The normalized spacial score (nSPS) is 12.3. The highest BCUT2D eigenvalue weighted by Gasteiger charge is 2.36. The van der Waals surface area contributed by atoms with Crippen LogP contribution in [0.25, 0.3) is 0 Å². The lowest BCUT2D eigenvalue weighted by Crippen LogP contribution is -2.43. The van der Waals surface area contributed by atoms with Gasteiger partial charge in [0, 0.05) is 18.9 Å². The molecule has 0 heterocycles. The number of allylic oxidation sites excluding steroid dienone is 1. The van der Waals surface area contributed by atoms with Crippen molar-refractivity contribution in [3.63, 3.8) is 0 Å². The molecule has 0 radical (unpaired) electrons. The Morgan fingerprint density at radius 3 is 1.57 bits per heavy atom.